The monoisotopic (exact) mass is 342 g/mol. The van der Waals surface area contributed by atoms with Crippen molar-refractivity contribution in [2.24, 2.45) is 0 Å². The van der Waals surface area contributed by atoms with Crippen molar-refractivity contribution in [2.45, 2.75) is 6.54 Å². The Bertz CT molecular complexity index is 869. The summed E-state index contributed by atoms with van der Waals surface area (Å²) < 4.78 is 26.1. The molecule has 0 amide bonds. The molecule has 3 aromatic rings. The number of rotatable bonds is 6. The molecule has 2 N–H and O–H groups in total. The second kappa shape index (κ2) is 7.50. The van der Waals surface area contributed by atoms with E-state index in [0.717, 1.165) is 33.3 Å². The molecule has 3 rings (SSSR count). The smallest absolute Gasteiger partial charge is 0.121 e. The second-order valence-corrected chi connectivity index (χ2v) is 5.80. The van der Waals surface area contributed by atoms with Gasteiger partial charge < -0.3 is 9.29 Å². The first-order valence-electron chi connectivity index (χ1n) is 7.27. The van der Waals surface area contributed by atoms with Crippen molar-refractivity contribution in [3.05, 3.63) is 60.3 Å². The van der Waals surface area contributed by atoms with Crippen LogP contribution in [0.1, 0.15) is 5.56 Å². The molecule has 1 aromatic heterocycles. The summed E-state index contributed by atoms with van der Waals surface area (Å²) in [6.45, 7) is 0.405. The van der Waals surface area contributed by atoms with Crippen LogP contribution in [0.2, 0.25) is 0 Å². The second-order valence-electron chi connectivity index (χ2n) is 5.13. The lowest BCUT2D eigenvalue weighted by molar-refractivity contribution is 0.415. The highest BCUT2D eigenvalue weighted by atomic mass is 32.2. The van der Waals surface area contributed by atoms with Gasteiger partial charge in [0.15, 0.2) is 0 Å². The number of fused-ring (bicyclic) bond motifs is 1. The van der Waals surface area contributed by atoms with E-state index >= 15 is 0 Å². The fraction of sp³-hybridized carbons (Fsp3) is 0.118. The van der Waals surface area contributed by atoms with Crippen LogP contribution >= 0.6 is 0 Å². The molecule has 0 radical (unpaired) electrons. The number of nitrogens with zero attached hydrogens (tertiary/aromatic N) is 1. The van der Waals surface area contributed by atoms with Crippen LogP contribution < -0.4 is 15.0 Å². The van der Waals surface area contributed by atoms with E-state index in [1.54, 1.807) is 13.3 Å². The third-order valence-electron chi connectivity index (χ3n) is 3.66. The van der Waals surface area contributed by atoms with Gasteiger partial charge in [0.2, 0.25) is 0 Å². The summed E-state index contributed by atoms with van der Waals surface area (Å²) in [5, 5.41) is 1.05. The molecule has 0 aliphatic heterocycles. The lowest BCUT2D eigenvalue weighted by Gasteiger charge is -2.10. The van der Waals surface area contributed by atoms with Crippen LogP contribution in [0.15, 0.2) is 54.7 Å². The zero-order valence-electron chi connectivity index (χ0n) is 13.0. The number of hydrogen-bond donors (Lipinski definition) is 2. The van der Waals surface area contributed by atoms with Gasteiger partial charge in [0.25, 0.3) is 0 Å². The van der Waals surface area contributed by atoms with Crippen molar-refractivity contribution < 1.29 is 13.5 Å². The van der Waals surface area contributed by atoms with Gasteiger partial charge in [-0.1, -0.05) is 24.3 Å². The molecule has 0 aliphatic rings. The number of aromatic nitrogens is 1. The van der Waals surface area contributed by atoms with Gasteiger partial charge in [0, 0.05) is 35.5 Å². The number of nitrogens with one attached hydrogen (secondary N) is 2. The lowest BCUT2D eigenvalue weighted by atomic mass is 10.00. The van der Waals surface area contributed by atoms with Crippen LogP contribution in [-0.2, 0) is 17.8 Å². The molecule has 0 spiro atoms. The largest absolute Gasteiger partial charge is 0.759 e. The topological polar surface area (TPSA) is 86.3 Å². The van der Waals surface area contributed by atoms with E-state index in [4.69, 9.17) is 4.74 Å². The quantitative estimate of drug-likeness (QED) is 0.530. The van der Waals surface area contributed by atoms with Gasteiger partial charge in [-0.05, 0) is 34.9 Å². The van der Waals surface area contributed by atoms with Crippen molar-refractivity contribution in [1.29, 1.82) is 0 Å². The SMILES string of the molecule is COc1ccc2c(-c3ccc(CNNS(=O)[O-])cc3)ccnc2c1. The molecule has 1 heterocycles. The number of ether oxygens (including phenoxy) is 1. The number of pyridine rings is 1. The van der Waals surface area contributed by atoms with E-state index in [2.05, 4.69) is 15.2 Å². The van der Waals surface area contributed by atoms with E-state index in [-0.39, 0.29) is 0 Å². The van der Waals surface area contributed by atoms with E-state index < -0.39 is 11.3 Å². The van der Waals surface area contributed by atoms with E-state index in [0.29, 0.717) is 6.54 Å². The Morgan fingerprint density at radius 2 is 1.96 bits per heavy atom. The highest BCUT2D eigenvalue weighted by Gasteiger charge is 2.06. The molecule has 2 aromatic carbocycles. The molecule has 0 aliphatic carbocycles. The number of hydrogen-bond acceptors (Lipinski definition) is 5. The van der Waals surface area contributed by atoms with Gasteiger partial charge in [0.05, 0.1) is 12.6 Å². The summed E-state index contributed by atoms with van der Waals surface area (Å²) >= 11 is -2.32. The summed E-state index contributed by atoms with van der Waals surface area (Å²) in [5.74, 6) is 0.775. The third-order valence-corrected chi connectivity index (χ3v) is 3.97. The van der Waals surface area contributed by atoms with Crippen LogP contribution in [0, 0.1) is 0 Å². The van der Waals surface area contributed by atoms with Gasteiger partial charge in [-0.15, -0.1) is 0 Å². The van der Waals surface area contributed by atoms with Crippen LogP contribution in [0.4, 0.5) is 0 Å². The minimum Gasteiger partial charge on any atom is -0.759 e. The molecule has 0 saturated carbocycles. The molecule has 0 bridgehead atoms. The van der Waals surface area contributed by atoms with Gasteiger partial charge in [-0.2, -0.15) is 4.83 Å². The maximum Gasteiger partial charge on any atom is 0.121 e. The van der Waals surface area contributed by atoms with Crippen LogP contribution in [0.3, 0.4) is 0 Å². The minimum absolute atomic E-state index is 0.405. The van der Waals surface area contributed by atoms with Gasteiger partial charge in [-0.25, -0.2) is 5.43 Å². The van der Waals surface area contributed by atoms with E-state index in [1.807, 2.05) is 48.5 Å². The molecule has 0 fully saturated rings. The van der Waals surface area contributed by atoms with Crippen molar-refractivity contribution in [2.75, 3.05) is 7.11 Å². The predicted octanol–water partition coefficient (Wildman–Crippen LogP) is 2.30. The van der Waals surface area contributed by atoms with Gasteiger partial charge in [0.1, 0.15) is 5.75 Å². The highest BCUT2D eigenvalue weighted by Crippen LogP contribution is 2.29. The van der Waals surface area contributed by atoms with Crippen LogP contribution in [-0.4, -0.2) is 20.9 Å². The summed E-state index contributed by atoms with van der Waals surface area (Å²) in [6.07, 6.45) is 1.78. The lowest BCUT2D eigenvalue weighted by Crippen LogP contribution is -2.32. The molecule has 6 nitrogen and oxygen atoms in total. The Labute approximate surface area is 142 Å². The first-order valence-corrected chi connectivity index (χ1v) is 8.35. The van der Waals surface area contributed by atoms with Crippen molar-refractivity contribution in [3.63, 3.8) is 0 Å². The van der Waals surface area contributed by atoms with Crippen molar-refractivity contribution in [3.8, 4) is 16.9 Å². The normalized spacial score (nSPS) is 12.2. The number of benzene rings is 2. The molecule has 124 valence electrons. The summed E-state index contributed by atoms with van der Waals surface area (Å²) in [7, 11) is 1.63. The molecule has 7 heteroatoms. The summed E-state index contributed by atoms with van der Waals surface area (Å²) in [5.41, 5.74) is 6.61. The van der Waals surface area contributed by atoms with Gasteiger partial charge in [-0.3, -0.25) is 9.19 Å². The zero-order chi connectivity index (χ0) is 16.9. The first kappa shape index (κ1) is 16.5. The van der Waals surface area contributed by atoms with Crippen LogP contribution in [0.5, 0.6) is 5.75 Å². The average Bonchev–Trinajstić information content (AvgIpc) is 2.61. The van der Waals surface area contributed by atoms with E-state index in [1.165, 1.54) is 0 Å². The Morgan fingerprint density at radius 1 is 1.17 bits per heavy atom. The Kier molecular flexibility index (Phi) is 5.17. The minimum atomic E-state index is -2.32. The summed E-state index contributed by atoms with van der Waals surface area (Å²) in [6, 6.07) is 15.7. The third kappa shape index (κ3) is 3.77. The average molecular weight is 342 g/mol. The van der Waals surface area contributed by atoms with Crippen molar-refractivity contribution in [1.82, 2.24) is 15.2 Å². The van der Waals surface area contributed by atoms with E-state index in [9.17, 15) is 8.76 Å². The Morgan fingerprint density at radius 3 is 2.67 bits per heavy atom. The maximum absolute atomic E-state index is 10.4. The Hall–Kier alpha value is -2.32. The number of methoxy groups -OCH3 is 1. The molecule has 1 unspecified atom stereocenters. The standard InChI is InChI=1S/C17H17N3O3S/c1-23-14-6-7-16-15(8-9-18-17(16)10-14)13-4-2-12(3-5-13)11-19-20-24(21)22/h2-10,19-20H,11H2,1H3,(H,21,22)/p-1. The Balaban J connectivity index is 1.86. The molecule has 0 saturated heterocycles. The molecule has 1 atom stereocenters. The highest BCUT2D eigenvalue weighted by molar-refractivity contribution is 7.76. The van der Waals surface area contributed by atoms with Gasteiger partial charge >= 0.3 is 0 Å². The molecular formula is C17H16N3O3S-. The summed E-state index contributed by atoms with van der Waals surface area (Å²) in [4.78, 5) is 6.52. The van der Waals surface area contributed by atoms with Crippen molar-refractivity contribution >= 4 is 22.2 Å². The fourth-order valence-corrected chi connectivity index (χ4v) is 2.70. The molecular weight excluding hydrogens is 326 g/mol. The number of hydrazine groups is 1. The first-order chi connectivity index (χ1) is 11.7. The van der Waals surface area contributed by atoms with Crippen LogP contribution in [0.25, 0.3) is 22.0 Å². The molecule has 24 heavy (non-hydrogen) atoms. The predicted molar refractivity (Wildman–Crippen MR) is 92.6 cm³/mol. The maximum atomic E-state index is 10.4. The fourth-order valence-electron chi connectivity index (χ4n) is 2.51. The zero-order valence-corrected chi connectivity index (χ0v) is 13.8.